The van der Waals surface area contributed by atoms with Gasteiger partial charge in [0.2, 0.25) is 5.95 Å². The normalized spacial score (nSPS) is 21.4. The standard InChI is InChI=1S/C18H21F2N7O2/c19-14(20)13-12(8-22-18(21)23-13)15-24-16(26-1-4-28-5-2-26)11-7-10-9-29-6-3-27(10)17(11)25-15/h8,10,14H,1-7,9H2,(H2,21,22,23)/t10-/m1/s1. The van der Waals surface area contributed by atoms with E-state index in [-0.39, 0.29) is 23.4 Å². The van der Waals surface area contributed by atoms with Crippen molar-refractivity contribution in [3.05, 3.63) is 17.5 Å². The number of morpholine rings is 2. The fraction of sp³-hybridized carbons (Fsp3) is 0.556. The Kier molecular flexibility index (Phi) is 4.63. The molecule has 0 amide bonds. The Bertz CT molecular complexity index is 923. The van der Waals surface area contributed by atoms with Crippen molar-refractivity contribution in [3.8, 4) is 11.4 Å². The molecular formula is C18H21F2N7O2. The molecule has 0 bridgehead atoms. The molecule has 0 aliphatic carbocycles. The zero-order valence-corrected chi connectivity index (χ0v) is 15.7. The molecular weight excluding hydrogens is 384 g/mol. The van der Waals surface area contributed by atoms with Gasteiger partial charge in [-0.15, -0.1) is 0 Å². The van der Waals surface area contributed by atoms with Crippen LogP contribution in [0.15, 0.2) is 6.20 Å². The molecule has 154 valence electrons. The number of aromatic nitrogens is 4. The third kappa shape index (κ3) is 3.23. The van der Waals surface area contributed by atoms with E-state index in [0.29, 0.717) is 46.1 Å². The number of nitrogen functional groups attached to an aromatic ring is 1. The Labute approximate surface area is 165 Å². The van der Waals surface area contributed by atoms with Crippen LogP contribution in [0.1, 0.15) is 17.7 Å². The number of anilines is 3. The molecule has 29 heavy (non-hydrogen) atoms. The molecule has 3 aliphatic rings. The van der Waals surface area contributed by atoms with Crippen LogP contribution in [0.5, 0.6) is 0 Å². The third-order valence-electron chi connectivity index (χ3n) is 5.50. The first kappa shape index (κ1) is 18.4. The monoisotopic (exact) mass is 405 g/mol. The second-order valence-electron chi connectivity index (χ2n) is 7.23. The van der Waals surface area contributed by atoms with Gasteiger partial charge in [-0.2, -0.15) is 0 Å². The molecule has 5 heterocycles. The lowest BCUT2D eigenvalue weighted by atomic mass is 10.1. The highest BCUT2D eigenvalue weighted by Crippen LogP contribution is 2.40. The average Bonchev–Trinajstić information content (AvgIpc) is 3.12. The lowest BCUT2D eigenvalue weighted by molar-refractivity contribution is 0.0973. The summed E-state index contributed by atoms with van der Waals surface area (Å²) >= 11 is 0. The number of ether oxygens (including phenoxy) is 2. The maximum atomic E-state index is 13.6. The topological polar surface area (TPSA) is 103 Å². The fourth-order valence-electron chi connectivity index (χ4n) is 4.12. The lowest BCUT2D eigenvalue weighted by Crippen LogP contribution is -2.43. The first-order valence-corrected chi connectivity index (χ1v) is 9.60. The molecule has 2 fully saturated rings. The molecule has 0 aromatic carbocycles. The van der Waals surface area contributed by atoms with Crippen molar-refractivity contribution < 1.29 is 18.3 Å². The molecule has 2 aromatic heterocycles. The van der Waals surface area contributed by atoms with Crippen LogP contribution in [-0.4, -0.2) is 72.0 Å². The lowest BCUT2D eigenvalue weighted by Gasteiger charge is -2.31. The minimum Gasteiger partial charge on any atom is -0.378 e. The van der Waals surface area contributed by atoms with Crippen LogP contribution in [0.4, 0.5) is 26.4 Å². The quantitative estimate of drug-likeness (QED) is 0.803. The minimum atomic E-state index is -2.81. The van der Waals surface area contributed by atoms with Gasteiger partial charge in [0.1, 0.15) is 17.3 Å². The van der Waals surface area contributed by atoms with Gasteiger partial charge in [0, 0.05) is 37.8 Å². The summed E-state index contributed by atoms with van der Waals surface area (Å²) in [6.07, 6.45) is -0.766. The van der Waals surface area contributed by atoms with Crippen LogP contribution in [0.25, 0.3) is 11.4 Å². The van der Waals surface area contributed by atoms with Gasteiger partial charge in [0.25, 0.3) is 6.43 Å². The van der Waals surface area contributed by atoms with Crippen LogP contribution < -0.4 is 15.5 Å². The summed E-state index contributed by atoms with van der Waals surface area (Å²) < 4.78 is 38.4. The van der Waals surface area contributed by atoms with E-state index in [9.17, 15) is 8.78 Å². The summed E-state index contributed by atoms with van der Waals surface area (Å²) in [6, 6.07) is 0.181. The third-order valence-corrected chi connectivity index (χ3v) is 5.50. The molecule has 2 aromatic rings. The highest BCUT2D eigenvalue weighted by molar-refractivity contribution is 5.71. The van der Waals surface area contributed by atoms with Gasteiger partial charge >= 0.3 is 0 Å². The Morgan fingerprint density at radius 2 is 1.79 bits per heavy atom. The highest BCUT2D eigenvalue weighted by atomic mass is 19.3. The first-order chi connectivity index (χ1) is 14.1. The fourth-order valence-corrected chi connectivity index (χ4v) is 4.12. The van der Waals surface area contributed by atoms with E-state index < -0.39 is 12.1 Å². The Balaban J connectivity index is 1.66. The number of alkyl halides is 2. The number of nitrogens with two attached hydrogens (primary N) is 1. The summed E-state index contributed by atoms with van der Waals surface area (Å²) in [5.41, 5.74) is 6.20. The summed E-state index contributed by atoms with van der Waals surface area (Å²) in [5, 5.41) is 0. The maximum Gasteiger partial charge on any atom is 0.281 e. The highest BCUT2D eigenvalue weighted by Gasteiger charge is 2.37. The van der Waals surface area contributed by atoms with Gasteiger partial charge in [-0.25, -0.2) is 28.7 Å². The summed E-state index contributed by atoms with van der Waals surface area (Å²) in [4.78, 5) is 21.3. The predicted octanol–water partition coefficient (Wildman–Crippen LogP) is 1.05. The van der Waals surface area contributed by atoms with E-state index in [1.807, 2.05) is 0 Å². The van der Waals surface area contributed by atoms with E-state index in [0.717, 1.165) is 23.6 Å². The molecule has 1 atom stereocenters. The van der Waals surface area contributed by atoms with Gasteiger partial charge in [-0.1, -0.05) is 0 Å². The molecule has 2 saturated heterocycles. The van der Waals surface area contributed by atoms with Crippen molar-refractivity contribution in [2.45, 2.75) is 18.9 Å². The zero-order valence-electron chi connectivity index (χ0n) is 15.7. The van der Waals surface area contributed by atoms with Crippen LogP contribution >= 0.6 is 0 Å². The van der Waals surface area contributed by atoms with Crippen molar-refractivity contribution in [2.24, 2.45) is 0 Å². The molecule has 2 N–H and O–H groups in total. The number of halogens is 2. The molecule has 9 nitrogen and oxygen atoms in total. The van der Waals surface area contributed by atoms with Crippen molar-refractivity contribution in [3.63, 3.8) is 0 Å². The number of nitrogens with zero attached hydrogens (tertiary/aromatic N) is 6. The SMILES string of the molecule is Nc1ncc(-c2nc(N3CCOCC3)c3c(n2)N2CCOC[C@H]2C3)c(C(F)F)n1. The van der Waals surface area contributed by atoms with Crippen molar-refractivity contribution >= 4 is 17.6 Å². The smallest absolute Gasteiger partial charge is 0.281 e. The minimum absolute atomic E-state index is 0.100. The van der Waals surface area contributed by atoms with Crippen molar-refractivity contribution in [1.82, 2.24) is 19.9 Å². The summed E-state index contributed by atoms with van der Waals surface area (Å²) in [6.45, 7) is 4.48. The van der Waals surface area contributed by atoms with Crippen molar-refractivity contribution in [1.29, 1.82) is 0 Å². The molecule has 11 heteroatoms. The van der Waals surface area contributed by atoms with Gasteiger partial charge in [0.15, 0.2) is 5.82 Å². The molecule has 0 unspecified atom stereocenters. The number of hydrogen-bond acceptors (Lipinski definition) is 9. The van der Waals surface area contributed by atoms with Crippen LogP contribution in [0.3, 0.4) is 0 Å². The molecule has 0 radical (unpaired) electrons. The summed E-state index contributed by atoms with van der Waals surface area (Å²) in [5.74, 6) is 1.53. The average molecular weight is 405 g/mol. The van der Waals surface area contributed by atoms with Gasteiger partial charge in [0.05, 0.1) is 38.0 Å². The first-order valence-electron chi connectivity index (χ1n) is 9.60. The number of hydrogen-bond donors (Lipinski definition) is 1. The maximum absolute atomic E-state index is 13.6. The molecule has 5 rings (SSSR count). The largest absolute Gasteiger partial charge is 0.378 e. The molecule has 0 spiro atoms. The van der Waals surface area contributed by atoms with E-state index in [1.54, 1.807) is 0 Å². The van der Waals surface area contributed by atoms with E-state index in [4.69, 9.17) is 20.2 Å². The second kappa shape index (κ2) is 7.30. The van der Waals surface area contributed by atoms with E-state index >= 15 is 0 Å². The predicted molar refractivity (Wildman–Crippen MR) is 101 cm³/mol. The number of fused-ring (bicyclic) bond motifs is 3. The summed E-state index contributed by atoms with van der Waals surface area (Å²) in [7, 11) is 0. The Hall–Kier alpha value is -2.66. The van der Waals surface area contributed by atoms with Crippen LogP contribution in [0.2, 0.25) is 0 Å². The Morgan fingerprint density at radius 1 is 1.03 bits per heavy atom. The molecule has 0 saturated carbocycles. The van der Waals surface area contributed by atoms with E-state index in [1.165, 1.54) is 6.20 Å². The Morgan fingerprint density at radius 3 is 2.59 bits per heavy atom. The zero-order chi connectivity index (χ0) is 20.0. The van der Waals surface area contributed by atoms with Crippen molar-refractivity contribution in [2.75, 3.05) is 61.6 Å². The molecule has 3 aliphatic heterocycles. The van der Waals surface area contributed by atoms with Gasteiger partial charge in [-0.3, -0.25) is 0 Å². The van der Waals surface area contributed by atoms with Gasteiger partial charge in [-0.05, 0) is 0 Å². The van der Waals surface area contributed by atoms with Crippen LogP contribution in [-0.2, 0) is 15.9 Å². The van der Waals surface area contributed by atoms with Gasteiger partial charge < -0.3 is 25.0 Å². The second-order valence-corrected chi connectivity index (χ2v) is 7.23. The number of rotatable bonds is 3. The van der Waals surface area contributed by atoms with E-state index in [2.05, 4.69) is 24.8 Å². The van der Waals surface area contributed by atoms with Crippen LogP contribution in [0, 0.1) is 0 Å².